The van der Waals surface area contributed by atoms with Gasteiger partial charge < -0.3 is 14.8 Å². The molecule has 1 unspecified atom stereocenters. The van der Waals surface area contributed by atoms with Gasteiger partial charge in [-0.05, 0) is 43.3 Å². The summed E-state index contributed by atoms with van der Waals surface area (Å²) in [6, 6.07) is 13.6. The summed E-state index contributed by atoms with van der Waals surface area (Å²) in [4.78, 5) is 12.6. The molecule has 7 nitrogen and oxygen atoms in total. The number of anilines is 2. The predicted octanol–water partition coefficient (Wildman–Crippen LogP) is 2.25. The number of methoxy groups -OCH3 is 1. The minimum atomic E-state index is -3.53. The molecular formula is C18H20N2O5S. The molecule has 1 amide bonds. The highest BCUT2D eigenvalue weighted by Gasteiger charge is 2.35. The lowest BCUT2D eigenvalue weighted by Gasteiger charge is -2.34. The topological polar surface area (TPSA) is 84.9 Å². The standard InChI is InChI=1S/C18H20N2O5S/c1-3-26(22,23)20-12-17(25-16-7-5-4-6-15(16)20)18(21)19-13-8-10-14(24-2)11-9-13/h4-11,17H,3,12H2,1-2H3,(H,19,21). The number of ether oxygens (including phenoxy) is 2. The van der Waals surface area contributed by atoms with Crippen molar-refractivity contribution in [2.24, 2.45) is 0 Å². The van der Waals surface area contributed by atoms with Crippen LogP contribution < -0.4 is 19.1 Å². The van der Waals surface area contributed by atoms with Crippen LogP contribution in [0.4, 0.5) is 11.4 Å². The molecule has 8 heteroatoms. The molecule has 2 aromatic carbocycles. The molecule has 0 aliphatic carbocycles. The lowest BCUT2D eigenvalue weighted by atomic mass is 10.2. The summed E-state index contributed by atoms with van der Waals surface area (Å²) in [5.74, 6) is 0.562. The van der Waals surface area contributed by atoms with E-state index in [4.69, 9.17) is 9.47 Å². The first-order chi connectivity index (χ1) is 12.4. The Hall–Kier alpha value is -2.74. The third kappa shape index (κ3) is 3.60. The van der Waals surface area contributed by atoms with Crippen molar-refractivity contribution in [2.75, 3.05) is 29.0 Å². The van der Waals surface area contributed by atoms with Crippen LogP contribution in [0.15, 0.2) is 48.5 Å². The van der Waals surface area contributed by atoms with E-state index >= 15 is 0 Å². The number of nitrogens with zero attached hydrogens (tertiary/aromatic N) is 1. The monoisotopic (exact) mass is 376 g/mol. The number of benzene rings is 2. The Morgan fingerprint density at radius 3 is 2.58 bits per heavy atom. The Morgan fingerprint density at radius 2 is 1.92 bits per heavy atom. The average Bonchev–Trinajstić information content (AvgIpc) is 2.67. The molecule has 2 aromatic rings. The maximum Gasteiger partial charge on any atom is 0.267 e. The van der Waals surface area contributed by atoms with Gasteiger partial charge in [-0.3, -0.25) is 9.10 Å². The minimum absolute atomic E-state index is 0.0614. The number of rotatable bonds is 5. The van der Waals surface area contributed by atoms with Crippen molar-refractivity contribution in [3.8, 4) is 11.5 Å². The molecule has 138 valence electrons. The van der Waals surface area contributed by atoms with Crippen LogP contribution in [-0.2, 0) is 14.8 Å². The number of hydrogen-bond acceptors (Lipinski definition) is 5. The van der Waals surface area contributed by atoms with Gasteiger partial charge in [-0.1, -0.05) is 12.1 Å². The minimum Gasteiger partial charge on any atom is -0.497 e. The first kappa shape index (κ1) is 18.1. The molecule has 0 fully saturated rings. The largest absolute Gasteiger partial charge is 0.497 e. The summed E-state index contributed by atoms with van der Waals surface area (Å²) in [5.41, 5.74) is 1.02. The normalized spacial score (nSPS) is 16.4. The van der Waals surface area contributed by atoms with E-state index in [0.717, 1.165) is 0 Å². The summed E-state index contributed by atoms with van der Waals surface area (Å²) in [5, 5.41) is 2.74. The van der Waals surface area contributed by atoms with Crippen molar-refractivity contribution >= 4 is 27.3 Å². The van der Waals surface area contributed by atoms with E-state index in [1.54, 1.807) is 62.6 Å². The Bertz CT molecular complexity index is 896. The number of amides is 1. The number of nitrogens with one attached hydrogen (secondary N) is 1. The molecule has 1 N–H and O–H groups in total. The third-order valence-electron chi connectivity index (χ3n) is 4.09. The fraction of sp³-hybridized carbons (Fsp3) is 0.278. The van der Waals surface area contributed by atoms with Crippen LogP contribution in [-0.4, -0.2) is 39.8 Å². The molecule has 26 heavy (non-hydrogen) atoms. The van der Waals surface area contributed by atoms with Gasteiger partial charge in [-0.25, -0.2) is 8.42 Å². The van der Waals surface area contributed by atoms with Gasteiger partial charge >= 0.3 is 0 Å². The second-order valence-corrected chi connectivity index (χ2v) is 7.91. The van der Waals surface area contributed by atoms with Crippen LogP contribution in [0.1, 0.15) is 6.92 Å². The van der Waals surface area contributed by atoms with E-state index in [-0.39, 0.29) is 12.3 Å². The van der Waals surface area contributed by atoms with Crippen molar-refractivity contribution in [1.29, 1.82) is 0 Å². The van der Waals surface area contributed by atoms with Gasteiger partial charge in [-0.2, -0.15) is 0 Å². The van der Waals surface area contributed by atoms with Crippen molar-refractivity contribution in [3.63, 3.8) is 0 Å². The lowest BCUT2D eigenvalue weighted by Crippen LogP contribution is -2.49. The molecular weight excluding hydrogens is 356 g/mol. The van der Waals surface area contributed by atoms with E-state index in [9.17, 15) is 13.2 Å². The maximum absolute atomic E-state index is 12.6. The van der Waals surface area contributed by atoms with Gasteiger partial charge in [0.25, 0.3) is 5.91 Å². The SMILES string of the molecule is CCS(=O)(=O)N1CC(C(=O)Nc2ccc(OC)cc2)Oc2ccccc21. The quantitative estimate of drug-likeness (QED) is 0.865. The summed E-state index contributed by atoms with van der Waals surface area (Å²) in [7, 11) is -1.97. The zero-order valence-electron chi connectivity index (χ0n) is 14.5. The Morgan fingerprint density at radius 1 is 1.23 bits per heavy atom. The molecule has 0 saturated heterocycles. The molecule has 0 aromatic heterocycles. The number of carbonyl (C=O) groups is 1. The second-order valence-electron chi connectivity index (χ2n) is 5.72. The van der Waals surface area contributed by atoms with Gasteiger partial charge in [0.05, 0.1) is 25.1 Å². The lowest BCUT2D eigenvalue weighted by molar-refractivity contribution is -0.122. The molecule has 0 spiro atoms. The molecule has 1 aliphatic heterocycles. The fourth-order valence-electron chi connectivity index (χ4n) is 2.66. The van der Waals surface area contributed by atoms with Crippen LogP contribution in [0.2, 0.25) is 0 Å². The number of hydrogen-bond donors (Lipinski definition) is 1. The highest BCUT2D eigenvalue weighted by atomic mass is 32.2. The van der Waals surface area contributed by atoms with Gasteiger partial charge in [0.2, 0.25) is 10.0 Å². The number of para-hydroxylation sites is 2. The molecule has 0 bridgehead atoms. The molecule has 1 heterocycles. The van der Waals surface area contributed by atoms with Gasteiger partial charge in [0.1, 0.15) is 11.5 Å². The number of carbonyl (C=O) groups excluding carboxylic acids is 1. The number of sulfonamides is 1. The van der Waals surface area contributed by atoms with E-state index in [1.165, 1.54) is 4.31 Å². The van der Waals surface area contributed by atoms with Crippen molar-refractivity contribution in [1.82, 2.24) is 0 Å². The first-order valence-electron chi connectivity index (χ1n) is 8.15. The van der Waals surface area contributed by atoms with Gasteiger partial charge in [0, 0.05) is 5.69 Å². The molecule has 0 radical (unpaired) electrons. The van der Waals surface area contributed by atoms with Gasteiger partial charge in [0.15, 0.2) is 6.10 Å². The zero-order chi connectivity index (χ0) is 18.7. The van der Waals surface area contributed by atoms with E-state index in [1.807, 2.05) is 0 Å². The molecule has 1 atom stereocenters. The summed E-state index contributed by atoms with van der Waals surface area (Å²) >= 11 is 0. The molecule has 0 saturated carbocycles. The van der Waals surface area contributed by atoms with Crippen molar-refractivity contribution in [3.05, 3.63) is 48.5 Å². The Kier molecular flexibility index (Phi) is 5.03. The zero-order valence-corrected chi connectivity index (χ0v) is 15.3. The Labute approximate surface area is 152 Å². The van der Waals surface area contributed by atoms with Crippen LogP contribution >= 0.6 is 0 Å². The predicted molar refractivity (Wildman–Crippen MR) is 99.3 cm³/mol. The third-order valence-corrected chi connectivity index (χ3v) is 5.83. The van der Waals surface area contributed by atoms with Crippen molar-refractivity contribution < 1.29 is 22.7 Å². The summed E-state index contributed by atoms with van der Waals surface area (Å²) < 4.78 is 36.9. The summed E-state index contributed by atoms with van der Waals surface area (Å²) in [6.45, 7) is 1.50. The van der Waals surface area contributed by atoms with Crippen LogP contribution in [0, 0.1) is 0 Å². The fourth-order valence-corrected chi connectivity index (χ4v) is 3.78. The second kappa shape index (κ2) is 7.25. The average molecular weight is 376 g/mol. The highest BCUT2D eigenvalue weighted by Crippen LogP contribution is 2.35. The van der Waals surface area contributed by atoms with Gasteiger partial charge in [-0.15, -0.1) is 0 Å². The molecule has 3 rings (SSSR count). The smallest absolute Gasteiger partial charge is 0.267 e. The van der Waals surface area contributed by atoms with E-state index in [2.05, 4.69) is 5.32 Å². The first-order valence-corrected chi connectivity index (χ1v) is 9.76. The maximum atomic E-state index is 12.6. The van der Waals surface area contributed by atoms with Crippen LogP contribution in [0.3, 0.4) is 0 Å². The number of fused-ring (bicyclic) bond motifs is 1. The molecule has 1 aliphatic rings. The van der Waals surface area contributed by atoms with Crippen LogP contribution in [0.25, 0.3) is 0 Å². The van der Waals surface area contributed by atoms with E-state index < -0.39 is 22.0 Å². The van der Waals surface area contributed by atoms with E-state index in [0.29, 0.717) is 22.9 Å². The van der Waals surface area contributed by atoms with Crippen molar-refractivity contribution in [2.45, 2.75) is 13.0 Å². The van der Waals surface area contributed by atoms with Crippen LogP contribution in [0.5, 0.6) is 11.5 Å². The Balaban J connectivity index is 1.83. The highest BCUT2D eigenvalue weighted by molar-refractivity contribution is 7.92. The summed E-state index contributed by atoms with van der Waals surface area (Å²) in [6.07, 6.45) is -0.951.